The second kappa shape index (κ2) is 6.93. The van der Waals surface area contributed by atoms with E-state index >= 15 is 0 Å². The number of hydrogen-bond acceptors (Lipinski definition) is 3. The van der Waals surface area contributed by atoms with E-state index in [0.29, 0.717) is 12.2 Å². The number of ether oxygens (including phenoxy) is 1. The molecule has 1 aromatic carbocycles. The van der Waals surface area contributed by atoms with Gasteiger partial charge in [0.2, 0.25) is 0 Å². The molecule has 6 nitrogen and oxygen atoms in total. The fourth-order valence-corrected chi connectivity index (χ4v) is 2.05. The SMILES string of the molecule is COc1ccc(F)c(NC(=O)N[C@H](C)Cc2cc(C)[nH]n2)c1. The number of aryl methyl sites for hydroxylation is 1. The van der Waals surface area contributed by atoms with Crippen molar-refractivity contribution < 1.29 is 13.9 Å². The molecule has 0 aliphatic carbocycles. The minimum atomic E-state index is -0.522. The summed E-state index contributed by atoms with van der Waals surface area (Å²) >= 11 is 0. The van der Waals surface area contributed by atoms with Gasteiger partial charge < -0.3 is 15.4 Å². The highest BCUT2D eigenvalue weighted by Crippen LogP contribution is 2.20. The first-order valence-electron chi connectivity index (χ1n) is 6.90. The zero-order valence-electron chi connectivity index (χ0n) is 12.7. The summed E-state index contributed by atoms with van der Waals surface area (Å²) in [6.45, 7) is 3.76. The van der Waals surface area contributed by atoms with E-state index in [9.17, 15) is 9.18 Å². The van der Waals surface area contributed by atoms with Crippen LogP contribution in [-0.4, -0.2) is 29.4 Å². The molecule has 0 aliphatic rings. The number of nitrogens with zero attached hydrogens (tertiary/aromatic N) is 1. The fraction of sp³-hybridized carbons (Fsp3) is 0.333. The molecule has 0 unspecified atom stereocenters. The second-order valence-corrected chi connectivity index (χ2v) is 5.09. The van der Waals surface area contributed by atoms with Gasteiger partial charge in [-0.05, 0) is 32.0 Å². The molecule has 118 valence electrons. The highest BCUT2D eigenvalue weighted by atomic mass is 19.1. The molecule has 7 heteroatoms. The van der Waals surface area contributed by atoms with Crippen molar-refractivity contribution in [2.24, 2.45) is 0 Å². The van der Waals surface area contributed by atoms with Gasteiger partial charge in [-0.25, -0.2) is 9.18 Å². The summed E-state index contributed by atoms with van der Waals surface area (Å²) in [5.41, 5.74) is 1.89. The first-order valence-corrected chi connectivity index (χ1v) is 6.90. The third kappa shape index (κ3) is 4.21. The van der Waals surface area contributed by atoms with Gasteiger partial charge in [0.15, 0.2) is 0 Å². The lowest BCUT2D eigenvalue weighted by atomic mass is 10.2. The molecule has 3 N–H and O–H groups in total. The minimum Gasteiger partial charge on any atom is -0.497 e. The van der Waals surface area contributed by atoms with Crippen molar-refractivity contribution in [2.45, 2.75) is 26.3 Å². The molecule has 1 heterocycles. The molecule has 2 amide bonds. The van der Waals surface area contributed by atoms with E-state index in [1.54, 1.807) is 0 Å². The molecule has 0 saturated heterocycles. The molecule has 0 bridgehead atoms. The molecule has 22 heavy (non-hydrogen) atoms. The summed E-state index contributed by atoms with van der Waals surface area (Å²) in [6, 6.07) is 5.45. The van der Waals surface area contributed by atoms with Gasteiger partial charge in [-0.3, -0.25) is 5.10 Å². The van der Waals surface area contributed by atoms with Crippen molar-refractivity contribution in [3.05, 3.63) is 41.5 Å². The Hall–Kier alpha value is -2.57. The van der Waals surface area contributed by atoms with Crippen LogP contribution in [0.3, 0.4) is 0 Å². The fourth-order valence-electron chi connectivity index (χ4n) is 2.05. The number of benzene rings is 1. The molecule has 1 atom stereocenters. The van der Waals surface area contributed by atoms with E-state index in [2.05, 4.69) is 20.8 Å². The number of halogens is 1. The number of nitrogens with one attached hydrogen (secondary N) is 3. The van der Waals surface area contributed by atoms with Gasteiger partial charge in [0.1, 0.15) is 11.6 Å². The summed E-state index contributed by atoms with van der Waals surface area (Å²) in [4.78, 5) is 11.9. The number of carbonyl (C=O) groups excluding carboxylic acids is 1. The number of aromatic nitrogens is 2. The Morgan fingerprint density at radius 1 is 1.45 bits per heavy atom. The number of methoxy groups -OCH3 is 1. The van der Waals surface area contributed by atoms with Crippen LogP contribution in [-0.2, 0) is 6.42 Å². The van der Waals surface area contributed by atoms with Gasteiger partial charge in [-0.2, -0.15) is 5.10 Å². The predicted octanol–water partition coefficient (Wildman–Crippen LogP) is 2.62. The van der Waals surface area contributed by atoms with Crippen molar-refractivity contribution in [1.82, 2.24) is 15.5 Å². The molecule has 0 aliphatic heterocycles. The maximum atomic E-state index is 13.6. The first-order chi connectivity index (χ1) is 10.5. The topological polar surface area (TPSA) is 79.0 Å². The third-order valence-electron chi connectivity index (χ3n) is 3.07. The standard InChI is InChI=1S/C15H19FN4O2/c1-9(6-11-7-10(2)19-20-11)17-15(21)18-14-8-12(22-3)4-5-13(14)16/h4-5,7-9H,6H2,1-3H3,(H,19,20)(H2,17,18,21)/t9-/m1/s1. The zero-order chi connectivity index (χ0) is 16.1. The van der Waals surface area contributed by atoms with Crippen LogP contribution in [0.1, 0.15) is 18.3 Å². The number of anilines is 1. The highest BCUT2D eigenvalue weighted by molar-refractivity contribution is 5.89. The maximum Gasteiger partial charge on any atom is 0.319 e. The van der Waals surface area contributed by atoms with Crippen LogP contribution in [0.15, 0.2) is 24.3 Å². The highest BCUT2D eigenvalue weighted by Gasteiger charge is 2.12. The van der Waals surface area contributed by atoms with Crippen LogP contribution in [0, 0.1) is 12.7 Å². The largest absolute Gasteiger partial charge is 0.497 e. The Labute approximate surface area is 128 Å². The van der Waals surface area contributed by atoms with Crippen molar-refractivity contribution in [1.29, 1.82) is 0 Å². The summed E-state index contributed by atoms with van der Waals surface area (Å²) in [5, 5.41) is 12.2. The lowest BCUT2D eigenvalue weighted by molar-refractivity contribution is 0.249. The van der Waals surface area contributed by atoms with Crippen LogP contribution in [0.25, 0.3) is 0 Å². The lowest BCUT2D eigenvalue weighted by Gasteiger charge is -2.14. The minimum absolute atomic E-state index is 0.0691. The molecule has 2 aromatic rings. The van der Waals surface area contributed by atoms with E-state index in [0.717, 1.165) is 11.4 Å². The van der Waals surface area contributed by atoms with Crippen molar-refractivity contribution in [3.8, 4) is 5.75 Å². The lowest BCUT2D eigenvalue weighted by Crippen LogP contribution is -2.37. The van der Waals surface area contributed by atoms with E-state index in [-0.39, 0.29) is 11.7 Å². The molecule has 0 spiro atoms. The van der Waals surface area contributed by atoms with Crippen LogP contribution in [0.4, 0.5) is 14.9 Å². The van der Waals surface area contributed by atoms with Crippen LogP contribution in [0.2, 0.25) is 0 Å². The van der Waals surface area contributed by atoms with Crippen molar-refractivity contribution in [2.75, 3.05) is 12.4 Å². The van der Waals surface area contributed by atoms with Crippen LogP contribution in [0.5, 0.6) is 5.75 Å². The molecular weight excluding hydrogens is 287 g/mol. The number of amides is 2. The number of hydrogen-bond donors (Lipinski definition) is 3. The van der Waals surface area contributed by atoms with Gasteiger partial charge >= 0.3 is 6.03 Å². The Kier molecular flexibility index (Phi) is 4.98. The predicted molar refractivity (Wildman–Crippen MR) is 81.6 cm³/mol. The Balaban J connectivity index is 1.92. The summed E-state index contributed by atoms with van der Waals surface area (Å²) in [6.07, 6.45) is 0.582. The van der Waals surface area contributed by atoms with E-state index in [4.69, 9.17) is 4.74 Å². The normalized spacial score (nSPS) is 11.8. The van der Waals surface area contributed by atoms with Crippen LogP contribution >= 0.6 is 0 Å². The molecule has 0 saturated carbocycles. The van der Waals surface area contributed by atoms with E-state index in [1.165, 1.54) is 25.3 Å². The number of rotatable bonds is 5. The average Bonchev–Trinajstić information content (AvgIpc) is 2.86. The molecule has 0 fully saturated rings. The quantitative estimate of drug-likeness (QED) is 0.794. The average molecular weight is 306 g/mol. The number of carbonyl (C=O) groups is 1. The molecule has 2 rings (SSSR count). The summed E-state index contributed by atoms with van der Waals surface area (Å²) < 4.78 is 18.6. The monoisotopic (exact) mass is 306 g/mol. The molecule has 1 aromatic heterocycles. The third-order valence-corrected chi connectivity index (χ3v) is 3.07. The number of aromatic amines is 1. The summed E-state index contributed by atoms with van der Waals surface area (Å²) in [7, 11) is 1.48. The smallest absolute Gasteiger partial charge is 0.319 e. The Morgan fingerprint density at radius 3 is 2.86 bits per heavy atom. The first kappa shape index (κ1) is 15.8. The number of urea groups is 1. The summed E-state index contributed by atoms with van der Waals surface area (Å²) in [5.74, 6) is -0.0525. The molecule has 0 radical (unpaired) electrons. The maximum absolute atomic E-state index is 13.6. The van der Waals surface area contributed by atoms with Gasteiger partial charge in [0.05, 0.1) is 18.5 Å². The van der Waals surface area contributed by atoms with E-state index < -0.39 is 11.8 Å². The van der Waals surface area contributed by atoms with Gasteiger partial charge in [-0.1, -0.05) is 0 Å². The van der Waals surface area contributed by atoms with Crippen molar-refractivity contribution in [3.63, 3.8) is 0 Å². The Morgan fingerprint density at radius 2 is 2.23 bits per heavy atom. The van der Waals surface area contributed by atoms with Gasteiger partial charge in [0.25, 0.3) is 0 Å². The zero-order valence-corrected chi connectivity index (χ0v) is 12.7. The van der Waals surface area contributed by atoms with Gasteiger partial charge in [0, 0.05) is 24.2 Å². The molecular formula is C15H19FN4O2. The van der Waals surface area contributed by atoms with Crippen LogP contribution < -0.4 is 15.4 Å². The van der Waals surface area contributed by atoms with Crippen molar-refractivity contribution >= 4 is 11.7 Å². The van der Waals surface area contributed by atoms with Gasteiger partial charge in [-0.15, -0.1) is 0 Å². The number of H-pyrrole nitrogens is 1. The second-order valence-electron chi connectivity index (χ2n) is 5.09. The van der Waals surface area contributed by atoms with E-state index in [1.807, 2.05) is 19.9 Å². The Bertz CT molecular complexity index is 657.